The number of carbonyl (C=O) groups excluding carboxylic acids is 2. The van der Waals surface area contributed by atoms with Crippen LogP contribution in [0, 0.1) is 12.8 Å². The molecule has 32 heavy (non-hydrogen) atoms. The van der Waals surface area contributed by atoms with Gasteiger partial charge in [0.05, 0.1) is 22.8 Å². The third kappa shape index (κ3) is 5.05. The van der Waals surface area contributed by atoms with Crippen molar-refractivity contribution in [3.05, 3.63) is 71.9 Å². The standard InChI is InChI=1S/C23H24N4O4S/c1-16-7-9-19(10-8-16)27-14-20(22(26-27)18-5-3-2-4-6-18)23(29)25-24-21(28)13-17-11-12-32(30,31)15-17/h2-10,14,17H,11-13,15H2,1H3,(H,24,28)(H,25,29). The van der Waals surface area contributed by atoms with Gasteiger partial charge in [-0.2, -0.15) is 5.10 Å². The van der Waals surface area contributed by atoms with Crippen LogP contribution in [0.4, 0.5) is 0 Å². The molecule has 3 aromatic rings. The zero-order valence-electron chi connectivity index (χ0n) is 17.6. The van der Waals surface area contributed by atoms with Crippen LogP contribution in [0.15, 0.2) is 60.8 Å². The molecule has 0 bridgehead atoms. The highest BCUT2D eigenvalue weighted by Gasteiger charge is 2.29. The Balaban J connectivity index is 1.51. The fraction of sp³-hybridized carbons (Fsp3) is 0.261. The van der Waals surface area contributed by atoms with Gasteiger partial charge in [-0.1, -0.05) is 48.0 Å². The zero-order valence-corrected chi connectivity index (χ0v) is 18.4. The molecule has 1 unspecified atom stereocenters. The highest BCUT2D eigenvalue weighted by molar-refractivity contribution is 7.91. The second-order valence-corrected chi connectivity index (χ2v) is 10.2. The van der Waals surface area contributed by atoms with Gasteiger partial charge in [0.1, 0.15) is 5.69 Å². The summed E-state index contributed by atoms with van der Waals surface area (Å²) in [6, 6.07) is 17.1. The number of benzene rings is 2. The number of amides is 2. The molecule has 2 aromatic carbocycles. The van der Waals surface area contributed by atoms with Crippen molar-refractivity contribution in [2.45, 2.75) is 19.8 Å². The highest BCUT2D eigenvalue weighted by Crippen LogP contribution is 2.24. The van der Waals surface area contributed by atoms with Crippen LogP contribution in [0.3, 0.4) is 0 Å². The summed E-state index contributed by atoms with van der Waals surface area (Å²) in [7, 11) is -3.06. The van der Waals surface area contributed by atoms with Crippen LogP contribution in [0.25, 0.3) is 16.9 Å². The Morgan fingerprint density at radius 1 is 1.06 bits per heavy atom. The van der Waals surface area contributed by atoms with Gasteiger partial charge >= 0.3 is 0 Å². The maximum Gasteiger partial charge on any atom is 0.273 e. The summed E-state index contributed by atoms with van der Waals surface area (Å²) in [5.41, 5.74) is 8.31. The maximum absolute atomic E-state index is 12.9. The number of rotatable bonds is 5. The van der Waals surface area contributed by atoms with Crippen molar-refractivity contribution in [2.24, 2.45) is 5.92 Å². The Morgan fingerprint density at radius 2 is 1.78 bits per heavy atom. The third-order valence-electron chi connectivity index (χ3n) is 5.42. The van der Waals surface area contributed by atoms with Gasteiger partial charge in [-0.15, -0.1) is 0 Å². The molecule has 8 nitrogen and oxygen atoms in total. The van der Waals surface area contributed by atoms with Crippen LogP contribution < -0.4 is 10.9 Å². The van der Waals surface area contributed by atoms with Gasteiger partial charge in [0.15, 0.2) is 9.84 Å². The normalized spacial score (nSPS) is 17.1. The van der Waals surface area contributed by atoms with E-state index in [2.05, 4.69) is 16.0 Å². The number of aryl methyl sites for hydroxylation is 1. The number of hydrogen-bond acceptors (Lipinski definition) is 5. The third-order valence-corrected chi connectivity index (χ3v) is 7.26. The molecular formula is C23H24N4O4S. The van der Waals surface area contributed by atoms with E-state index in [1.54, 1.807) is 10.9 Å². The van der Waals surface area contributed by atoms with Crippen LogP contribution in [-0.4, -0.2) is 41.5 Å². The lowest BCUT2D eigenvalue weighted by Crippen LogP contribution is -2.42. The predicted octanol–water partition coefficient (Wildman–Crippen LogP) is 2.43. The second kappa shape index (κ2) is 8.96. The molecule has 0 saturated carbocycles. The van der Waals surface area contributed by atoms with Crippen molar-refractivity contribution in [3.8, 4) is 16.9 Å². The fourth-order valence-corrected chi connectivity index (χ4v) is 5.58. The molecule has 1 atom stereocenters. The molecule has 1 saturated heterocycles. The quantitative estimate of drug-likeness (QED) is 0.578. The second-order valence-electron chi connectivity index (χ2n) is 8.01. The van der Waals surface area contributed by atoms with E-state index >= 15 is 0 Å². The Morgan fingerprint density at radius 3 is 2.44 bits per heavy atom. The summed E-state index contributed by atoms with van der Waals surface area (Å²) in [6.45, 7) is 1.99. The maximum atomic E-state index is 12.9. The lowest BCUT2D eigenvalue weighted by Gasteiger charge is -2.10. The summed E-state index contributed by atoms with van der Waals surface area (Å²) >= 11 is 0. The number of nitrogens with one attached hydrogen (secondary N) is 2. The minimum Gasteiger partial charge on any atom is -0.273 e. The number of nitrogens with zero attached hydrogens (tertiary/aromatic N) is 2. The summed E-state index contributed by atoms with van der Waals surface area (Å²) in [5, 5.41) is 4.60. The summed E-state index contributed by atoms with van der Waals surface area (Å²) < 4.78 is 24.8. The van der Waals surface area contributed by atoms with E-state index in [0.29, 0.717) is 17.7 Å². The molecule has 9 heteroatoms. The van der Waals surface area contributed by atoms with Crippen molar-refractivity contribution in [1.29, 1.82) is 0 Å². The van der Waals surface area contributed by atoms with E-state index in [1.165, 1.54) is 0 Å². The van der Waals surface area contributed by atoms with Crippen LogP contribution in [0.2, 0.25) is 0 Å². The number of hydrazine groups is 1. The monoisotopic (exact) mass is 452 g/mol. The number of sulfone groups is 1. The lowest BCUT2D eigenvalue weighted by molar-refractivity contribution is -0.122. The minimum atomic E-state index is -3.06. The first kappa shape index (κ1) is 21.8. The lowest BCUT2D eigenvalue weighted by atomic mass is 10.1. The van der Waals surface area contributed by atoms with E-state index in [0.717, 1.165) is 16.8 Å². The topological polar surface area (TPSA) is 110 Å². The predicted molar refractivity (Wildman–Crippen MR) is 121 cm³/mol. The van der Waals surface area contributed by atoms with Gasteiger partial charge in [-0.3, -0.25) is 20.4 Å². The largest absolute Gasteiger partial charge is 0.273 e. The van der Waals surface area contributed by atoms with Crippen molar-refractivity contribution in [1.82, 2.24) is 20.6 Å². The first-order chi connectivity index (χ1) is 15.3. The van der Waals surface area contributed by atoms with Gasteiger partial charge in [0.25, 0.3) is 5.91 Å². The van der Waals surface area contributed by atoms with Gasteiger partial charge in [0, 0.05) is 18.2 Å². The zero-order chi connectivity index (χ0) is 22.7. The molecule has 2 N–H and O–H groups in total. The first-order valence-electron chi connectivity index (χ1n) is 10.3. The number of aromatic nitrogens is 2. The van der Waals surface area contributed by atoms with Crippen LogP contribution in [0.5, 0.6) is 0 Å². The molecule has 1 aliphatic heterocycles. The molecule has 1 aromatic heterocycles. The molecule has 2 heterocycles. The number of hydrogen-bond donors (Lipinski definition) is 2. The first-order valence-corrected chi connectivity index (χ1v) is 12.1. The van der Waals surface area contributed by atoms with E-state index in [1.807, 2.05) is 61.5 Å². The van der Waals surface area contributed by atoms with E-state index in [4.69, 9.17) is 0 Å². The smallest absolute Gasteiger partial charge is 0.273 e. The summed E-state index contributed by atoms with van der Waals surface area (Å²) in [6.07, 6.45) is 2.14. The molecule has 4 rings (SSSR count). The van der Waals surface area contributed by atoms with Crippen LogP contribution >= 0.6 is 0 Å². The van der Waals surface area contributed by atoms with Gasteiger partial charge in [0.2, 0.25) is 5.91 Å². The van der Waals surface area contributed by atoms with Gasteiger partial charge < -0.3 is 0 Å². The van der Waals surface area contributed by atoms with Crippen molar-refractivity contribution in [2.75, 3.05) is 11.5 Å². The highest BCUT2D eigenvalue weighted by atomic mass is 32.2. The molecule has 0 aliphatic carbocycles. The van der Waals surface area contributed by atoms with Gasteiger partial charge in [-0.05, 0) is 31.4 Å². The summed E-state index contributed by atoms with van der Waals surface area (Å²) in [5.74, 6) is -1.03. The van der Waals surface area contributed by atoms with E-state index in [-0.39, 0.29) is 23.8 Å². The molecule has 0 radical (unpaired) electrons. The average molecular weight is 453 g/mol. The molecule has 1 fully saturated rings. The van der Waals surface area contributed by atoms with Crippen molar-refractivity contribution >= 4 is 21.7 Å². The van der Waals surface area contributed by atoms with Crippen molar-refractivity contribution < 1.29 is 18.0 Å². The van der Waals surface area contributed by atoms with E-state index < -0.39 is 21.7 Å². The van der Waals surface area contributed by atoms with E-state index in [9.17, 15) is 18.0 Å². The van der Waals surface area contributed by atoms with Crippen LogP contribution in [0.1, 0.15) is 28.8 Å². The SMILES string of the molecule is Cc1ccc(-n2cc(C(=O)NNC(=O)CC3CCS(=O)(=O)C3)c(-c3ccccc3)n2)cc1. The van der Waals surface area contributed by atoms with Crippen molar-refractivity contribution in [3.63, 3.8) is 0 Å². The molecule has 0 spiro atoms. The average Bonchev–Trinajstić information content (AvgIpc) is 3.36. The molecule has 1 aliphatic rings. The molecular weight excluding hydrogens is 428 g/mol. The van der Waals surface area contributed by atoms with Crippen LogP contribution in [-0.2, 0) is 14.6 Å². The molecule has 166 valence electrons. The number of carbonyl (C=O) groups is 2. The molecule has 2 amide bonds. The minimum absolute atomic E-state index is 0.00976. The Labute approximate surface area is 186 Å². The Kier molecular flexibility index (Phi) is 6.09. The van der Waals surface area contributed by atoms with Gasteiger partial charge in [-0.25, -0.2) is 13.1 Å². The Bertz CT molecular complexity index is 1230. The summed E-state index contributed by atoms with van der Waals surface area (Å²) in [4.78, 5) is 25.1. The Hall–Kier alpha value is -3.46. The fourth-order valence-electron chi connectivity index (χ4n) is 3.72.